The van der Waals surface area contributed by atoms with Crippen LogP contribution in [-0.2, 0) is 22.6 Å². The van der Waals surface area contributed by atoms with Crippen molar-refractivity contribution in [1.82, 2.24) is 20.4 Å². The molecular weight excluding hydrogens is 598 g/mol. The van der Waals surface area contributed by atoms with E-state index >= 15 is 0 Å². The molecular formula is C36H47N5O6. The summed E-state index contributed by atoms with van der Waals surface area (Å²) in [5.41, 5.74) is 2.59. The van der Waals surface area contributed by atoms with Gasteiger partial charge in [-0.15, -0.1) is 0 Å². The van der Waals surface area contributed by atoms with Gasteiger partial charge in [-0.05, 0) is 56.4 Å². The molecule has 1 unspecified atom stereocenters. The summed E-state index contributed by atoms with van der Waals surface area (Å²) in [5.74, 6) is -1.11. The first kappa shape index (κ1) is 34.5. The van der Waals surface area contributed by atoms with Gasteiger partial charge in [-0.3, -0.25) is 19.4 Å². The van der Waals surface area contributed by atoms with Crippen LogP contribution in [0.5, 0.6) is 0 Å². The Morgan fingerprint density at radius 1 is 0.979 bits per heavy atom. The highest BCUT2D eigenvalue weighted by Crippen LogP contribution is 2.39. The number of benzene rings is 2. The van der Waals surface area contributed by atoms with Gasteiger partial charge >= 0.3 is 0 Å². The number of rotatable bonds is 11. The van der Waals surface area contributed by atoms with Crippen LogP contribution in [0.3, 0.4) is 0 Å². The molecule has 1 aromatic heterocycles. The Hall–Kier alpha value is -3.87. The predicted octanol–water partition coefficient (Wildman–Crippen LogP) is 1.60. The molecule has 252 valence electrons. The maximum atomic E-state index is 13.8. The van der Waals surface area contributed by atoms with E-state index in [1.165, 1.54) is 12.4 Å². The normalized spacial score (nSPS) is 23.1. The van der Waals surface area contributed by atoms with Gasteiger partial charge in [0.2, 0.25) is 11.8 Å². The van der Waals surface area contributed by atoms with Crippen molar-refractivity contribution in [2.75, 3.05) is 26.2 Å². The molecule has 47 heavy (non-hydrogen) atoms. The number of piperazine rings is 1. The van der Waals surface area contributed by atoms with E-state index in [0.717, 1.165) is 15.9 Å². The average molecular weight is 646 g/mol. The summed E-state index contributed by atoms with van der Waals surface area (Å²) in [6.07, 6.45) is 0.253. The molecule has 1 saturated heterocycles. The molecule has 2 amide bonds. The molecule has 2 aliphatic rings. The number of aromatic nitrogens is 1. The fraction of sp³-hybridized carbons (Fsp3) is 0.472. The number of β-amino-alcohol motifs (C(OH)–C–C–N with tert-alkyl or cyclic N) is 1. The van der Waals surface area contributed by atoms with Gasteiger partial charge in [0.15, 0.2) is 12.4 Å². The Morgan fingerprint density at radius 3 is 2.36 bits per heavy atom. The monoisotopic (exact) mass is 645 g/mol. The number of pyridine rings is 1. The summed E-state index contributed by atoms with van der Waals surface area (Å²) in [6.45, 7) is 8.04. The largest absolute Gasteiger partial charge is 0.619 e. The van der Waals surface area contributed by atoms with E-state index in [-0.39, 0.29) is 24.8 Å². The maximum absolute atomic E-state index is 13.8. The number of amides is 2. The van der Waals surface area contributed by atoms with Crippen molar-refractivity contribution in [2.24, 2.45) is 5.92 Å². The topological polar surface area (TPSA) is 152 Å². The highest BCUT2D eigenvalue weighted by atomic mass is 16.5. The number of aliphatic hydroxyl groups excluding tert-OH is 3. The molecule has 3 aromatic rings. The number of nitrogens with zero attached hydrogens (tertiary/aromatic N) is 3. The molecule has 5 rings (SSSR count). The predicted molar refractivity (Wildman–Crippen MR) is 176 cm³/mol. The Morgan fingerprint density at radius 2 is 1.66 bits per heavy atom. The Bertz CT molecular complexity index is 1510. The number of fused-ring (bicyclic) bond motifs is 1. The molecule has 5 N–H and O–H groups in total. The van der Waals surface area contributed by atoms with Crippen LogP contribution in [0.2, 0.25) is 0 Å². The van der Waals surface area contributed by atoms with E-state index in [4.69, 9.17) is 0 Å². The van der Waals surface area contributed by atoms with Gasteiger partial charge in [-0.1, -0.05) is 54.6 Å². The van der Waals surface area contributed by atoms with Crippen molar-refractivity contribution in [3.63, 3.8) is 0 Å². The fourth-order valence-corrected chi connectivity index (χ4v) is 6.70. The first-order chi connectivity index (χ1) is 22.4. The molecule has 11 nitrogen and oxygen atoms in total. The van der Waals surface area contributed by atoms with Crippen LogP contribution in [0.4, 0.5) is 0 Å². The van der Waals surface area contributed by atoms with Crippen LogP contribution in [-0.4, -0.2) is 86.9 Å². The highest BCUT2D eigenvalue weighted by Gasteiger charge is 2.41. The van der Waals surface area contributed by atoms with Crippen molar-refractivity contribution in [3.05, 3.63) is 107 Å². The molecule has 1 fully saturated rings. The highest BCUT2D eigenvalue weighted by molar-refractivity contribution is 5.83. The lowest BCUT2D eigenvalue weighted by Crippen LogP contribution is -2.62. The van der Waals surface area contributed by atoms with E-state index < -0.39 is 41.9 Å². The van der Waals surface area contributed by atoms with Crippen molar-refractivity contribution in [2.45, 2.75) is 76.1 Å². The smallest absolute Gasteiger partial charge is 0.239 e. The lowest BCUT2D eigenvalue weighted by atomic mass is 9.91. The van der Waals surface area contributed by atoms with E-state index in [9.17, 15) is 30.1 Å². The zero-order valence-electron chi connectivity index (χ0n) is 27.3. The van der Waals surface area contributed by atoms with Crippen LogP contribution in [0, 0.1) is 11.1 Å². The van der Waals surface area contributed by atoms with E-state index in [1.54, 1.807) is 30.3 Å². The van der Waals surface area contributed by atoms with Crippen molar-refractivity contribution in [1.29, 1.82) is 0 Å². The van der Waals surface area contributed by atoms with Crippen molar-refractivity contribution >= 4 is 11.8 Å². The van der Waals surface area contributed by atoms with Crippen molar-refractivity contribution in [3.8, 4) is 0 Å². The van der Waals surface area contributed by atoms with Crippen LogP contribution in [0.1, 0.15) is 61.6 Å². The molecule has 0 bridgehead atoms. The second-order valence-electron chi connectivity index (χ2n) is 13.9. The fourth-order valence-electron chi connectivity index (χ4n) is 6.70. The minimum absolute atomic E-state index is 0.134. The first-order valence-corrected chi connectivity index (χ1v) is 16.3. The minimum Gasteiger partial charge on any atom is -0.619 e. The maximum Gasteiger partial charge on any atom is 0.239 e. The summed E-state index contributed by atoms with van der Waals surface area (Å²) in [7, 11) is 0. The summed E-state index contributed by atoms with van der Waals surface area (Å²) >= 11 is 0. The first-order valence-electron chi connectivity index (χ1n) is 16.3. The third kappa shape index (κ3) is 8.94. The zero-order valence-corrected chi connectivity index (χ0v) is 27.3. The Kier molecular flexibility index (Phi) is 10.9. The van der Waals surface area contributed by atoms with Gasteiger partial charge in [-0.25, -0.2) is 0 Å². The van der Waals surface area contributed by atoms with E-state index in [1.807, 2.05) is 62.1 Å². The molecule has 6 atom stereocenters. The second-order valence-corrected chi connectivity index (χ2v) is 13.9. The summed E-state index contributed by atoms with van der Waals surface area (Å²) in [4.78, 5) is 31.5. The van der Waals surface area contributed by atoms with Crippen molar-refractivity contribution < 1.29 is 29.6 Å². The van der Waals surface area contributed by atoms with Gasteiger partial charge in [0.1, 0.15) is 18.2 Å². The van der Waals surface area contributed by atoms with Crippen LogP contribution >= 0.6 is 0 Å². The minimum atomic E-state index is -1.19. The number of carbonyl (C=O) groups is 2. The van der Waals surface area contributed by atoms with Gasteiger partial charge in [-0.2, -0.15) is 4.73 Å². The number of hydrogen-bond acceptors (Lipinski definition) is 8. The van der Waals surface area contributed by atoms with Gasteiger partial charge in [0, 0.05) is 55.8 Å². The molecule has 0 spiro atoms. The lowest BCUT2D eigenvalue weighted by molar-refractivity contribution is -0.605. The number of aliphatic hydroxyl groups is 3. The Balaban J connectivity index is 1.30. The molecule has 1 aliphatic heterocycles. The van der Waals surface area contributed by atoms with E-state index in [2.05, 4.69) is 15.5 Å². The standard InChI is InChI=1S/C36H47N5O6/c1-36(2,3)38-35(46)30-23-39(20-25-12-9-15-41(47)21-25)16-17-40(30)22-27(42)19-26(18-24-10-5-4-6-11-24)34(45)37-31-28-13-7-8-14-29(28)32(43)33(31)44/h4-15,21,26-27,30-33,42-44H,16-20,22-23H2,1-3H3,(H,37,45)(H,38,46)/t26-,27+,30?,31+,32+,33+/m1/s1. The third-order valence-corrected chi connectivity index (χ3v) is 8.93. The Labute approximate surface area is 276 Å². The quantitative estimate of drug-likeness (QED) is 0.156. The SMILES string of the molecule is CC(C)(C)NC(=O)C1CN(Cc2ccc[n+]([O-])c2)CCN1C[C@@H](O)C[C@@H](Cc1ccccc1)C(=O)N[C@H]1c2ccccc2[C@H](O)[C@H]1O. The second kappa shape index (κ2) is 14.9. The van der Waals surface area contributed by atoms with Crippen LogP contribution in [0.15, 0.2) is 79.1 Å². The van der Waals surface area contributed by atoms with Gasteiger partial charge in [0.25, 0.3) is 0 Å². The number of carbonyl (C=O) groups excluding carboxylic acids is 2. The average Bonchev–Trinajstić information content (AvgIpc) is 3.26. The number of nitrogens with one attached hydrogen (secondary N) is 2. The summed E-state index contributed by atoms with van der Waals surface area (Å²) < 4.78 is 0.766. The van der Waals surface area contributed by atoms with Gasteiger partial charge in [0.05, 0.1) is 12.1 Å². The lowest BCUT2D eigenvalue weighted by Gasteiger charge is -2.42. The molecule has 2 heterocycles. The molecule has 0 radical (unpaired) electrons. The van der Waals surface area contributed by atoms with E-state index in [0.29, 0.717) is 43.7 Å². The van der Waals surface area contributed by atoms with Crippen LogP contribution < -0.4 is 15.4 Å². The molecule has 0 saturated carbocycles. The summed E-state index contributed by atoms with van der Waals surface area (Å²) in [5, 5.41) is 50.7. The van der Waals surface area contributed by atoms with Crippen LogP contribution in [0.25, 0.3) is 0 Å². The molecule has 2 aromatic carbocycles. The summed E-state index contributed by atoms with van der Waals surface area (Å²) in [6, 6.07) is 19.0. The molecule has 1 aliphatic carbocycles. The van der Waals surface area contributed by atoms with Gasteiger partial charge < -0.3 is 31.2 Å². The zero-order chi connectivity index (χ0) is 33.7. The number of hydrogen-bond donors (Lipinski definition) is 5. The third-order valence-electron chi connectivity index (χ3n) is 8.93. The molecule has 11 heteroatoms.